The molecule has 2 atom stereocenters. The fourth-order valence-corrected chi connectivity index (χ4v) is 6.82. The molecule has 4 heterocycles. The van der Waals surface area contributed by atoms with Gasteiger partial charge in [0, 0.05) is 37.2 Å². The van der Waals surface area contributed by atoms with Gasteiger partial charge in [-0.25, -0.2) is 15.0 Å². The number of hydrogen-bond acceptors (Lipinski definition) is 8. The summed E-state index contributed by atoms with van der Waals surface area (Å²) in [6.07, 6.45) is 0.0883. The quantitative estimate of drug-likeness (QED) is 0.212. The first-order valence-electron chi connectivity index (χ1n) is 15.8. The molecule has 2 aromatic carbocycles. The largest absolute Gasteiger partial charge is 0.497 e. The van der Waals surface area contributed by atoms with E-state index in [1.54, 1.807) is 31.4 Å². The number of carbonyl (C=O) groups excluding carboxylic acids is 1. The van der Waals surface area contributed by atoms with E-state index < -0.39 is 30.5 Å². The van der Waals surface area contributed by atoms with Crippen molar-refractivity contribution in [2.45, 2.75) is 62.6 Å². The molecule has 252 valence electrons. The van der Waals surface area contributed by atoms with Crippen LogP contribution in [0.1, 0.15) is 43.4 Å². The van der Waals surface area contributed by atoms with E-state index in [0.29, 0.717) is 54.1 Å². The molecule has 1 amide bonds. The highest BCUT2D eigenvalue weighted by atomic mass is 19.4. The molecule has 14 heteroatoms. The number of para-hydroxylation sites is 1. The van der Waals surface area contributed by atoms with Crippen LogP contribution in [-0.2, 0) is 22.3 Å². The Balaban J connectivity index is 1.22. The molecule has 0 spiro atoms. The number of amides is 1. The van der Waals surface area contributed by atoms with Crippen molar-refractivity contribution in [2.75, 3.05) is 27.9 Å². The van der Waals surface area contributed by atoms with Gasteiger partial charge in [-0.2, -0.15) is 13.2 Å². The molecule has 2 aliphatic rings. The normalized spacial score (nSPS) is 21.4. The summed E-state index contributed by atoms with van der Waals surface area (Å²) >= 11 is 0. The molecular formula is C34H36F3N7O4. The summed E-state index contributed by atoms with van der Waals surface area (Å²) in [6, 6.07) is 14.0. The van der Waals surface area contributed by atoms with Crippen molar-refractivity contribution >= 4 is 27.8 Å². The number of aromatic nitrogens is 5. The first-order valence-corrected chi connectivity index (χ1v) is 15.8. The molecule has 0 unspecified atom stereocenters. The minimum Gasteiger partial charge on any atom is -0.497 e. The van der Waals surface area contributed by atoms with E-state index in [9.17, 15) is 18.0 Å². The number of imidazole rings is 2. The molecule has 1 aliphatic carbocycles. The van der Waals surface area contributed by atoms with Crippen LogP contribution < -0.4 is 14.8 Å². The number of nitrogens with one attached hydrogen (secondary N) is 2. The van der Waals surface area contributed by atoms with Gasteiger partial charge in [-0.3, -0.25) is 4.79 Å². The number of ether oxygens (including phenoxy) is 3. The Hall–Kier alpha value is -4.69. The number of alkyl halides is 3. The average molecular weight is 664 g/mol. The molecule has 1 aliphatic heterocycles. The lowest BCUT2D eigenvalue weighted by Crippen LogP contribution is -2.54. The SMILES string of the molecule is COc1ccc2nc(C(F)(F)F)n(CC(=O)N3CC[C@H](NC4CC(OC)C4)C[C@H]3c3ncc(-c4cc5ccccc5nc4OC)[nH]3)c2c1. The standard InChI is InChI=1S/C34H36F3N7O4/c1-46-22-8-9-26-28(16-22)44(33(42-26)34(35,36)37)18-30(45)43-11-10-20(39-21-13-23(14-21)47-2)15-29(43)31-38-17-27(40-31)24-12-19-6-4-5-7-25(19)41-32(24)48-3/h4-9,12,16-17,20-21,23,29,39H,10-11,13-15,18H2,1-3H3,(H,38,40)/t20-,21?,23?,29-/m0/s1. The number of benzene rings is 2. The van der Waals surface area contributed by atoms with E-state index >= 15 is 0 Å². The van der Waals surface area contributed by atoms with Crippen LogP contribution in [0.15, 0.2) is 54.7 Å². The highest BCUT2D eigenvalue weighted by molar-refractivity contribution is 5.85. The first-order chi connectivity index (χ1) is 23.1. The predicted octanol–water partition coefficient (Wildman–Crippen LogP) is 5.51. The van der Waals surface area contributed by atoms with E-state index in [1.165, 1.54) is 19.2 Å². The monoisotopic (exact) mass is 663 g/mol. The Morgan fingerprint density at radius 3 is 2.56 bits per heavy atom. The van der Waals surface area contributed by atoms with Gasteiger partial charge in [-0.15, -0.1) is 0 Å². The summed E-state index contributed by atoms with van der Waals surface area (Å²) in [5.41, 5.74) is 2.42. The van der Waals surface area contributed by atoms with Crippen molar-refractivity contribution in [3.8, 4) is 22.9 Å². The zero-order valence-electron chi connectivity index (χ0n) is 26.8. The molecule has 5 aromatic rings. The van der Waals surface area contributed by atoms with Crippen LogP contribution in [0.3, 0.4) is 0 Å². The maximum absolute atomic E-state index is 14.2. The number of likely N-dealkylation sites (tertiary alicyclic amines) is 1. The van der Waals surface area contributed by atoms with E-state index in [4.69, 9.17) is 19.2 Å². The second-order valence-corrected chi connectivity index (χ2v) is 12.3. The Morgan fingerprint density at radius 2 is 1.81 bits per heavy atom. The number of methoxy groups -OCH3 is 3. The zero-order valence-corrected chi connectivity index (χ0v) is 26.8. The van der Waals surface area contributed by atoms with Crippen molar-refractivity contribution in [3.05, 3.63) is 66.4 Å². The van der Waals surface area contributed by atoms with E-state index in [-0.39, 0.29) is 23.2 Å². The lowest BCUT2D eigenvalue weighted by Gasteiger charge is -2.43. The molecule has 2 N–H and O–H groups in total. The number of piperidine rings is 1. The molecule has 1 saturated carbocycles. The van der Waals surface area contributed by atoms with Crippen molar-refractivity contribution in [3.63, 3.8) is 0 Å². The Bertz CT molecular complexity index is 1950. The maximum atomic E-state index is 14.2. The number of pyridine rings is 1. The van der Waals surface area contributed by atoms with Gasteiger partial charge in [0.05, 0.1) is 60.4 Å². The first kappa shape index (κ1) is 31.9. The van der Waals surface area contributed by atoms with Gasteiger partial charge < -0.3 is 34.0 Å². The number of nitrogens with zero attached hydrogens (tertiary/aromatic N) is 5. The summed E-state index contributed by atoms with van der Waals surface area (Å²) in [5, 5.41) is 4.62. The smallest absolute Gasteiger partial charge is 0.449 e. The van der Waals surface area contributed by atoms with Crippen LogP contribution in [0, 0.1) is 0 Å². The number of aromatic amines is 1. The molecular weight excluding hydrogens is 627 g/mol. The summed E-state index contributed by atoms with van der Waals surface area (Å²) in [7, 11) is 4.69. The molecule has 7 rings (SSSR count). The Morgan fingerprint density at radius 1 is 1.00 bits per heavy atom. The topological polar surface area (TPSA) is 119 Å². The summed E-state index contributed by atoms with van der Waals surface area (Å²) < 4.78 is 59.9. The number of hydrogen-bond donors (Lipinski definition) is 2. The van der Waals surface area contributed by atoms with Crippen LogP contribution in [0.5, 0.6) is 11.6 Å². The van der Waals surface area contributed by atoms with Crippen LogP contribution in [0.25, 0.3) is 33.2 Å². The summed E-state index contributed by atoms with van der Waals surface area (Å²) in [5.74, 6) is -0.308. The predicted molar refractivity (Wildman–Crippen MR) is 172 cm³/mol. The highest BCUT2D eigenvalue weighted by Gasteiger charge is 2.41. The van der Waals surface area contributed by atoms with Crippen molar-refractivity contribution in [1.29, 1.82) is 0 Å². The third-order valence-corrected chi connectivity index (χ3v) is 9.41. The third kappa shape index (κ3) is 6.05. The summed E-state index contributed by atoms with van der Waals surface area (Å²) in [6.45, 7) is -0.225. The molecule has 2 fully saturated rings. The molecule has 1 saturated heterocycles. The maximum Gasteiger partial charge on any atom is 0.449 e. The molecule has 3 aromatic heterocycles. The highest BCUT2D eigenvalue weighted by Crippen LogP contribution is 2.37. The molecule has 0 bridgehead atoms. The van der Waals surface area contributed by atoms with Gasteiger partial charge in [-0.05, 0) is 49.9 Å². The second kappa shape index (κ2) is 12.7. The number of fused-ring (bicyclic) bond motifs is 2. The minimum atomic E-state index is -4.77. The Labute approximate surface area is 274 Å². The number of halogens is 3. The van der Waals surface area contributed by atoms with Gasteiger partial charge >= 0.3 is 6.18 Å². The molecule has 48 heavy (non-hydrogen) atoms. The van der Waals surface area contributed by atoms with Gasteiger partial charge in [0.25, 0.3) is 0 Å². The zero-order chi connectivity index (χ0) is 33.6. The Kier molecular flexibility index (Phi) is 8.46. The lowest BCUT2D eigenvalue weighted by molar-refractivity contribution is -0.148. The van der Waals surface area contributed by atoms with Crippen LogP contribution in [-0.4, -0.2) is 81.4 Å². The van der Waals surface area contributed by atoms with Crippen molar-refractivity contribution in [1.82, 2.24) is 34.7 Å². The van der Waals surface area contributed by atoms with Crippen molar-refractivity contribution < 1.29 is 32.2 Å². The second-order valence-electron chi connectivity index (χ2n) is 12.3. The minimum absolute atomic E-state index is 0.0661. The van der Waals surface area contributed by atoms with Gasteiger partial charge in [0.15, 0.2) is 0 Å². The van der Waals surface area contributed by atoms with Crippen LogP contribution >= 0.6 is 0 Å². The fourth-order valence-electron chi connectivity index (χ4n) is 6.82. The van der Waals surface area contributed by atoms with Gasteiger partial charge in [0.2, 0.25) is 17.6 Å². The average Bonchev–Trinajstić information content (AvgIpc) is 3.71. The number of rotatable bonds is 9. The van der Waals surface area contributed by atoms with Gasteiger partial charge in [-0.1, -0.05) is 18.2 Å². The summed E-state index contributed by atoms with van der Waals surface area (Å²) in [4.78, 5) is 32.3. The van der Waals surface area contributed by atoms with Crippen LogP contribution in [0.2, 0.25) is 0 Å². The molecule has 11 nitrogen and oxygen atoms in total. The van der Waals surface area contributed by atoms with E-state index in [1.807, 2.05) is 30.3 Å². The van der Waals surface area contributed by atoms with Crippen molar-refractivity contribution in [2.24, 2.45) is 0 Å². The van der Waals surface area contributed by atoms with Gasteiger partial charge in [0.1, 0.15) is 18.1 Å². The van der Waals surface area contributed by atoms with Crippen LogP contribution in [0.4, 0.5) is 13.2 Å². The van der Waals surface area contributed by atoms with E-state index in [0.717, 1.165) is 28.3 Å². The molecule has 0 radical (unpaired) electrons. The fraction of sp³-hybridized carbons (Fsp3) is 0.412. The lowest BCUT2D eigenvalue weighted by atomic mass is 9.86. The van der Waals surface area contributed by atoms with E-state index in [2.05, 4.69) is 20.3 Å². The number of carbonyl (C=O) groups is 1. The number of H-pyrrole nitrogens is 1. The third-order valence-electron chi connectivity index (χ3n) is 9.41.